The van der Waals surface area contributed by atoms with Gasteiger partial charge in [0.25, 0.3) is 5.91 Å². The van der Waals surface area contributed by atoms with E-state index in [0.717, 1.165) is 44.9 Å². The predicted molar refractivity (Wildman–Crippen MR) is 151 cm³/mol. The van der Waals surface area contributed by atoms with Crippen LogP contribution in [0.1, 0.15) is 98.3 Å². The summed E-state index contributed by atoms with van der Waals surface area (Å²) in [4.78, 5) is 54.3. The molecule has 0 N–H and O–H groups in total. The summed E-state index contributed by atoms with van der Waals surface area (Å²) in [6, 6.07) is -0.751. The van der Waals surface area contributed by atoms with E-state index >= 15 is 0 Å². The normalized spacial score (nSPS) is 34.8. The molecule has 218 valence electrons. The van der Waals surface area contributed by atoms with Gasteiger partial charge < -0.3 is 14.4 Å². The number of nitrogens with zero attached hydrogens (tertiary/aromatic N) is 1. The zero-order valence-corrected chi connectivity index (χ0v) is 24.5. The molecule has 2 bridgehead atoms. The fraction of sp³-hybridized carbons (Fsp3) is 0.750. The highest BCUT2D eigenvalue weighted by Crippen LogP contribution is 2.31. The molecule has 0 aromatic heterocycles. The maximum absolute atomic E-state index is 13.4. The fourth-order valence-electron chi connectivity index (χ4n) is 6.21. The van der Waals surface area contributed by atoms with Crippen molar-refractivity contribution >= 4 is 23.4 Å². The number of esters is 1. The average molecular weight is 544 g/mol. The number of allylic oxidation sites excluding steroid dienone is 3. The van der Waals surface area contributed by atoms with E-state index < -0.39 is 29.8 Å². The molecule has 0 spiro atoms. The summed E-state index contributed by atoms with van der Waals surface area (Å²) < 4.78 is 11.9. The first-order valence-corrected chi connectivity index (χ1v) is 15.1. The molecule has 39 heavy (non-hydrogen) atoms. The van der Waals surface area contributed by atoms with Gasteiger partial charge in [-0.2, -0.15) is 0 Å². The maximum Gasteiger partial charge on any atom is 0.328 e. The van der Waals surface area contributed by atoms with Crippen molar-refractivity contribution in [2.24, 2.45) is 23.7 Å². The second kappa shape index (κ2) is 14.9. The molecule has 2 fully saturated rings. The highest BCUT2D eigenvalue weighted by Gasteiger charge is 2.42. The number of piperidine rings is 1. The van der Waals surface area contributed by atoms with E-state index in [1.807, 2.05) is 13.8 Å². The summed E-state index contributed by atoms with van der Waals surface area (Å²) >= 11 is 0. The van der Waals surface area contributed by atoms with Crippen LogP contribution in [0.3, 0.4) is 0 Å². The van der Waals surface area contributed by atoms with Crippen molar-refractivity contribution in [3.63, 3.8) is 0 Å². The number of hydrogen-bond acceptors (Lipinski definition) is 6. The van der Waals surface area contributed by atoms with E-state index in [-0.39, 0.29) is 36.2 Å². The molecule has 0 aliphatic carbocycles. The first-order chi connectivity index (χ1) is 18.6. The molecule has 7 atom stereocenters. The molecule has 3 heterocycles. The number of fused-ring (bicyclic) bond motifs is 3. The number of ether oxygens (including phenoxy) is 2. The molecule has 3 rings (SSSR count). The third kappa shape index (κ3) is 8.86. The lowest BCUT2D eigenvalue weighted by Crippen LogP contribution is -2.54. The molecule has 3 aliphatic rings. The van der Waals surface area contributed by atoms with Gasteiger partial charge in [-0.25, -0.2) is 4.79 Å². The van der Waals surface area contributed by atoms with Gasteiger partial charge in [-0.15, -0.1) is 6.58 Å². The lowest BCUT2D eigenvalue weighted by Gasteiger charge is -2.37. The molecule has 2 saturated heterocycles. The van der Waals surface area contributed by atoms with Crippen molar-refractivity contribution in [2.75, 3.05) is 13.2 Å². The summed E-state index contributed by atoms with van der Waals surface area (Å²) in [5.74, 6) is -1.26. The van der Waals surface area contributed by atoms with Gasteiger partial charge in [0.2, 0.25) is 5.78 Å². The lowest BCUT2D eigenvalue weighted by atomic mass is 9.86. The first kappa shape index (κ1) is 31.3. The number of amides is 1. The second-order valence-corrected chi connectivity index (χ2v) is 12.4. The molecule has 7 nitrogen and oxygen atoms in total. The fourth-order valence-corrected chi connectivity index (χ4v) is 6.21. The van der Waals surface area contributed by atoms with Crippen LogP contribution in [-0.4, -0.2) is 59.7 Å². The zero-order valence-electron chi connectivity index (χ0n) is 24.5. The third-order valence-electron chi connectivity index (χ3n) is 8.67. The molecule has 0 radical (unpaired) electrons. The van der Waals surface area contributed by atoms with Crippen LogP contribution in [0.4, 0.5) is 0 Å². The SMILES string of the molecule is C=CCC1C=C(C)CC(C)CCC2CCC(C)C(O2)C(=O)C(=O)N2CCCCC2C(=O)OCC(C)CCC1=O. The number of cyclic esters (lactones) is 1. The van der Waals surface area contributed by atoms with Crippen molar-refractivity contribution in [3.05, 3.63) is 24.3 Å². The van der Waals surface area contributed by atoms with Gasteiger partial charge in [-0.05, 0) is 88.9 Å². The van der Waals surface area contributed by atoms with Crippen LogP contribution in [-0.2, 0) is 28.7 Å². The Hall–Kier alpha value is -2.28. The zero-order chi connectivity index (χ0) is 28.5. The van der Waals surface area contributed by atoms with Crippen LogP contribution in [0.25, 0.3) is 0 Å². The Bertz CT molecular complexity index is 926. The molecular weight excluding hydrogens is 494 g/mol. The van der Waals surface area contributed by atoms with E-state index in [9.17, 15) is 19.2 Å². The molecule has 0 saturated carbocycles. The summed E-state index contributed by atoms with van der Waals surface area (Å²) in [6.07, 6.45) is 11.1. The summed E-state index contributed by atoms with van der Waals surface area (Å²) in [5, 5.41) is 0. The predicted octanol–water partition coefficient (Wildman–Crippen LogP) is 5.61. The summed E-state index contributed by atoms with van der Waals surface area (Å²) in [5.41, 5.74) is 1.20. The molecule has 0 aromatic rings. The minimum Gasteiger partial charge on any atom is -0.464 e. The maximum atomic E-state index is 13.4. The van der Waals surface area contributed by atoms with Crippen LogP contribution in [0.2, 0.25) is 0 Å². The van der Waals surface area contributed by atoms with E-state index in [0.29, 0.717) is 38.1 Å². The minimum absolute atomic E-state index is 0.00397. The number of carbonyl (C=O) groups excluding carboxylic acids is 4. The van der Waals surface area contributed by atoms with E-state index in [4.69, 9.17) is 9.47 Å². The van der Waals surface area contributed by atoms with Gasteiger partial charge in [-0.1, -0.05) is 38.5 Å². The van der Waals surface area contributed by atoms with Gasteiger partial charge >= 0.3 is 5.97 Å². The van der Waals surface area contributed by atoms with E-state index in [1.165, 1.54) is 10.5 Å². The molecule has 1 amide bonds. The van der Waals surface area contributed by atoms with Gasteiger partial charge in [0.1, 0.15) is 17.9 Å². The highest BCUT2D eigenvalue weighted by molar-refractivity contribution is 6.38. The third-order valence-corrected chi connectivity index (χ3v) is 8.67. The Morgan fingerprint density at radius 1 is 0.974 bits per heavy atom. The Kier molecular flexibility index (Phi) is 12.0. The number of rotatable bonds is 2. The quantitative estimate of drug-likeness (QED) is 0.256. The van der Waals surface area contributed by atoms with Gasteiger partial charge in [0, 0.05) is 18.9 Å². The summed E-state index contributed by atoms with van der Waals surface area (Å²) in [7, 11) is 0. The van der Waals surface area contributed by atoms with Gasteiger partial charge in [0.05, 0.1) is 12.7 Å². The van der Waals surface area contributed by atoms with Crippen molar-refractivity contribution in [1.29, 1.82) is 0 Å². The van der Waals surface area contributed by atoms with E-state index in [1.54, 1.807) is 6.08 Å². The first-order valence-electron chi connectivity index (χ1n) is 15.1. The monoisotopic (exact) mass is 543 g/mol. The largest absolute Gasteiger partial charge is 0.464 e. The number of hydrogen-bond donors (Lipinski definition) is 0. The van der Waals surface area contributed by atoms with Crippen LogP contribution in [0, 0.1) is 23.7 Å². The van der Waals surface area contributed by atoms with Crippen LogP contribution >= 0.6 is 0 Å². The molecular formula is C32H49NO6. The highest BCUT2D eigenvalue weighted by atomic mass is 16.5. The standard InChI is InChI=1S/C32H49NO6/c1-6-9-25-19-23(4)18-21(2)11-14-26-15-13-24(5)30(39-26)29(35)31(36)33-17-8-7-10-27(33)32(37)38-20-22(3)12-16-28(25)34/h6,19,21-22,24-27,30H,1,7-18,20H2,2-5H3. The molecule has 7 unspecified atom stereocenters. The second-order valence-electron chi connectivity index (χ2n) is 12.4. The minimum atomic E-state index is -0.772. The van der Waals surface area contributed by atoms with Crippen molar-refractivity contribution < 1.29 is 28.7 Å². The van der Waals surface area contributed by atoms with Crippen molar-refractivity contribution in [2.45, 2.75) is 117 Å². The number of ketones is 2. The Morgan fingerprint density at radius 3 is 2.46 bits per heavy atom. The summed E-state index contributed by atoms with van der Waals surface area (Å²) in [6.45, 7) is 12.6. The number of Topliss-reactive ketones (excluding diaryl/α,β-unsaturated/α-hetero) is 2. The lowest BCUT2D eigenvalue weighted by molar-refractivity contribution is -0.166. The average Bonchev–Trinajstić information content (AvgIpc) is 2.92. The van der Waals surface area contributed by atoms with Crippen LogP contribution < -0.4 is 0 Å². The molecule has 0 aromatic carbocycles. The number of carbonyl (C=O) groups is 4. The Labute approximate surface area is 234 Å². The van der Waals surface area contributed by atoms with Crippen molar-refractivity contribution in [1.82, 2.24) is 4.90 Å². The van der Waals surface area contributed by atoms with Gasteiger partial charge in [-0.3, -0.25) is 14.4 Å². The van der Waals surface area contributed by atoms with Crippen LogP contribution in [0.5, 0.6) is 0 Å². The molecule has 3 aliphatic heterocycles. The van der Waals surface area contributed by atoms with Crippen LogP contribution in [0.15, 0.2) is 24.3 Å². The Morgan fingerprint density at radius 2 is 1.72 bits per heavy atom. The van der Waals surface area contributed by atoms with Crippen molar-refractivity contribution in [3.8, 4) is 0 Å². The smallest absolute Gasteiger partial charge is 0.328 e. The van der Waals surface area contributed by atoms with Gasteiger partial charge in [0.15, 0.2) is 0 Å². The van der Waals surface area contributed by atoms with E-state index in [2.05, 4.69) is 26.5 Å². The topological polar surface area (TPSA) is 90.0 Å². The Balaban J connectivity index is 1.81. The molecule has 7 heteroatoms.